The van der Waals surface area contributed by atoms with Crippen molar-refractivity contribution in [3.05, 3.63) is 95.8 Å². The second kappa shape index (κ2) is 10.6. The molecule has 0 unspecified atom stereocenters. The normalized spacial score (nSPS) is 15.1. The first-order valence-electron chi connectivity index (χ1n) is 11.8. The van der Waals surface area contributed by atoms with E-state index in [4.69, 9.17) is 9.47 Å². The Hall–Kier alpha value is -3.91. The van der Waals surface area contributed by atoms with Gasteiger partial charge in [0.05, 0.1) is 20.8 Å². The Morgan fingerprint density at radius 1 is 0.829 bits per heavy atom. The summed E-state index contributed by atoms with van der Waals surface area (Å²) in [5.41, 5.74) is 3.38. The van der Waals surface area contributed by atoms with Crippen LogP contribution in [0.1, 0.15) is 23.0 Å². The van der Waals surface area contributed by atoms with Crippen molar-refractivity contribution in [1.82, 2.24) is 25.1 Å². The van der Waals surface area contributed by atoms with E-state index in [0.717, 1.165) is 54.6 Å². The van der Waals surface area contributed by atoms with Crippen molar-refractivity contribution >= 4 is 5.69 Å². The molecule has 0 spiro atoms. The maximum Gasteiger partial charge on any atom is 0.173 e. The van der Waals surface area contributed by atoms with Crippen LogP contribution < -0.4 is 14.4 Å². The van der Waals surface area contributed by atoms with Crippen LogP contribution in [0.15, 0.2) is 78.9 Å². The van der Waals surface area contributed by atoms with Gasteiger partial charge in [-0.25, -0.2) is 4.68 Å². The lowest BCUT2D eigenvalue weighted by atomic mass is 10.0. The Morgan fingerprint density at radius 3 is 2.23 bits per heavy atom. The molecule has 0 aliphatic carbocycles. The standard InChI is InChI=1S/C27H30N6O2/c1-34-23-13-14-25(35-2)24(19-23)26(27-28-29-30-33(27)20-21-9-5-3-6-10-21)32-17-15-31(16-18-32)22-11-7-4-8-12-22/h3-14,19,26H,15-18,20H2,1-2H3/t26-/m0/s1. The predicted molar refractivity (Wildman–Crippen MR) is 135 cm³/mol. The van der Waals surface area contributed by atoms with Crippen molar-refractivity contribution in [3.63, 3.8) is 0 Å². The minimum absolute atomic E-state index is 0.184. The molecule has 0 saturated carbocycles. The molecule has 1 saturated heterocycles. The van der Waals surface area contributed by atoms with E-state index in [9.17, 15) is 0 Å². The number of tetrazole rings is 1. The van der Waals surface area contributed by atoms with Gasteiger partial charge in [-0.3, -0.25) is 4.90 Å². The number of hydrogen-bond donors (Lipinski definition) is 0. The lowest BCUT2D eigenvalue weighted by Gasteiger charge is -2.40. The number of para-hydroxylation sites is 1. The van der Waals surface area contributed by atoms with E-state index in [-0.39, 0.29) is 6.04 Å². The molecule has 180 valence electrons. The van der Waals surface area contributed by atoms with Crippen LogP contribution in [-0.2, 0) is 6.54 Å². The lowest BCUT2D eigenvalue weighted by molar-refractivity contribution is 0.197. The topological polar surface area (TPSA) is 68.5 Å². The Bertz CT molecular complexity index is 1220. The third kappa shape index (κ3) is 4.97. The van der Waals surface area contributed by atoms with Crippen LogP contribution in [0.4, 0.5) is 5.69 Å². The summed E-state index contributed by atoms with van der Waals surface area (Å²) in [5, 5.41) is 13.0. The molecule has 35 heavy (non-hydrogen) atoms. The van der Waals surface area contributed by atoms with Crippen LogP contribution in [0.2, 0.25) is 0 Å². The number of rotatable bonds is 8. The van der Waals surface area contributed by atoms with Crippen molar-refractivity contribution in [2.45, 2.75) is 12.6 Å². The molecule has 0 radical (unpaired) electrons. The lowest BCUT2D eigenvalue weighted by Crippen LogP contribution is -2.48. The molecule has 8 heteroatoms. The summed E-state index contributed by atoms with van der Waals surface area (Å²) >= 11 is 0. The molecule has 5 rings (SSSR count). The van der Waals surface area contributed by atoms with Crippen LogP contribution in [0.5, 0.6) is 11.5 Å². The first-order valence-corrected chi connectivity index (χ1v) is 11.8. The zero-order valence-electron chi connectivity index (χ0n) is 20.1. The monoisotopic (exact) mass is 470 g/mol. The average molecular weight is 471 g/mol. The Kier molecular flexibility index (Phi) is 6.90. The van der Waals surface area contributed by atoms with Gasteiger partial charge in [-0.2, -0.15) is 0 Å². The van der Waals surface area contributed by atoms with Crippen LogP contribution in [-0.4, -0.2) is 65.5 Å². The van der Waals surface area contributed by atoms with Crippen molar-refractivity contribution in [3.8, 4) is 11.5 Å². The van der Waals surface area contributed by atoms with Gasteiger partial charge in [0, 0.05) is 37.4 Å². The third-order valence-electron chi connectivity index (χ3n) is 6.51. The van der Waals surface area contributed by atoms with Crippen LogP contribution in [0.25, 0.3) is 0 Å². The molecule has 1 aliphatic heterocycles. The number of piperazine rings is 1. The highest BCUT2D eigenvalue weighted by atomic mass is 16.5. The van der Waals surface area contributed by atoms with Crippen LogP contribution in [0, 0.1) is 0 Å². The van der Waals surface area contributed by atoms with Crippen molar-refractivity contribution < 1.29 is 9.47 Å². The minimum Gasteiger partial charge on any atom is -0.497 e. The number of aromatic nitrogens is 4. The molecular weight excluding hydrogens is 440 g/mol. The highest BCUT2D eigenvalue weighted by molar-refractivity contribution is 5.47. The summed E-state index contributed by atoms with van der Waals surface area (Å²) in [6, 6.07) is 26.5. The maximum absolute atomic E-state index is 5.79. The van der Waals surface area contributed by atoms with Gasteiger partial charge >= 0.3 is 0 Å². The molecule has 1 aromatic heterocycles. The van der Waals surface area contributed by atoms with Gasteiger partial charge < -0.3 is 14.4 Å². The third-order valence-corrected chi connectivity index (χ3v) is 6.51. The highest BCUT2D eigenvalue weighted by Crippen LogP contribution is 2.37. The summed E-state index contributed by atoms with van der Waals surface area (Å²) in [5.74, 6) is 2.35. The quantitative estimate of drug-likeness (QED) is 0.389. The highest BCUT2D eigenvalue weighted by Gasteiger charge is 2.33. The number of methoxy groups -OCH3 is 2. The zero-order chi connectivity index (χ0) is 24.0. The summed E-state index contributed by atoms with van der Waals surface area (Å²) in [6.45, 7) is 4.13. The van der Waals surface area contributed by atoms with E-state index in [1.165, 1.54) is 5.69 Å². The van der Waals surface area contributed by atoms with Crippen molar-refractivity contribution in [1.29, 1.82) is 0 Å². The molecule has 0 N–H and O–H groups in total. The van der Waals surface area contributed by atoms with Gasteiger partial charge in [0.25, 0.3) is 0 Å². The largest absolute Gasteiger partial charge is 0.497 e. The summed E-state index contributed by atoms with van der Waals surface area (Å²) in [7, 11) is 3.38. The number of anilines is 1. The Morgan fingerprint density at radius 2 is 1.54 bits per heavy atom. The first kappa shape index (κ1) is 22.9. The second-order valence-corrected chi connectivity index (χ2v) is 8.55. The van der Waals surface area contributed by atoms with Crippen molar-refractivity contribution in [2.75, 3.05) is 45.3 Å². The zero-order valence-corrected chi connectivity index (χ0v) is 20.1. The van der Waals surface area contributed by atoms with Gasteiger partial charge in [-0.15, -0.1) is 5.10 Å². The fourth-order valence-electron chi connectivity index (χ4n) is 4.71. The maximum atomic E-state index is 5.79. The summed E-state index contributed by atoms with van der Waals surface area (Å²) < 4.78 is 13.3. The van der Waals surface area contributed by atoms with Gasteiger partial charge in [-0.1, -0.05) is 48.5 Å². The van der Waals surface area contributed by atoms with E-state index in [0.29, 0.717) is 6.54 Å². The van der Waals surface area contributed by atoms with Crippen LogP contribution >= 0.6 is 0 Å². The molecule has 1 atom stereocenters. The average Bonchev–Trinajstić information content (AvgIpc) is 3.37. The molecule has 0 bridgehead atoms. The van der Waals surface area contributed by atoms with E-state index >= 15 is 0 Å². The predicted octanol–water partition coefficient (Wildman–Crippen LogP) is 3.65. The number of hydrogen-bond acceptors (Lipinski definition) is 7. The molecule has 4 aromatic rings. The van der Waals surface area contributed by atoms with Crippen LogP contribution in [0.3, 0.4) is 0 Å². The SMILES string of the molecule is COc1ccc(OC)c([C@@H](c2nnnn2Cc2ccccc2)N2CCN(c3ccccc3)CC2)c1. The van der Waals surface area contributed by atoms with Gasteiger partial charge in [0.2, 0.25) is 0 Å². The van der Waals surface area contributed by atoms with E-state index in [1.807, 2.05) is 41.1 Å². The molecule has 0 amide bonds. The van der Waals surface area contributed by atoms with E-state index in [2.05, 4.69) is 67.8 Å². The van der Waals surface area contributed by atoms with E-state index < -0.39 is 0 Å². The summed E-state index contributed by atoms with van der Waals surface area (Å²) in [6.07, 6.45) is 0. The molecule has 1 fully saturated rings. The first-order chi connectivity index (χ1) is 17.3. The molecule has 2 heterocycles. The Balaban J connectivity index is 1.50. The van der Waals surface area contributed by atoms with Gasteiger partial charge in [0.15, 0.2) is 5.82 Å². The summed E-state index contributed by atoms with van der Waals surface area (Å²) in [4.78, 5) is 4.85. The smallest absolute Gasteiger partial charge is 0.173 e. The number of ether oxygens (including phenoxy) is 2. The van der Waals surface area contributed by atoms with E-state index in [1.54, 1.807) is 14.2 Å². The second-order valence-electron chi connectivity index (χ2n) is 8.55. The molecule has 1 aliphatic rings. The van der Waals surface area contributed by atoms with Crippen molar-refractivity contribution in [2.24, 2.45) is 0 Å². The fourth-order valence-corrected chi connectivity index (χ4v) is 4.71. The van der Waals surface area contributed by atoms with Gasteiger partial charge in [-0.05, 0) is 46.3 Å². The fraction of sp³-hybridized carbons (Fsp3) is 0.296. The number of nitrogens with zero attached hydrogens (tertiary/aromatic N) is 6. The minimum atomic E-state index is -0.184. The van der Waals surface area contributed by atoms with Gasteiger partial charge in [0.1, 0.15) is 17.5 Å². The number of benzene rings is 3. The molecule has 8 nitrogen and oxygen atoms in total. The molecular formula is C27H30N6O2. The molecule has 3 aromatic carbocycles. The Labute approximate surface area is 205 Å².